The number of halogens is 1. The maximum absolute atomic E-state index is 11.9. The number of amides is 1. The minimum atomic E-state index is 0.253. The highest BCUT2D eigenvalue weighted by atomic mass is 35.5. The number of likely N-dealkylation sites (tertiary alicyclic amines) is 1. The van der Waals surface area contributed by atoms with E-state index < -0.39 is 0 Å². The van der Waals surface area contributed by atoms with Crippen LogP contribution in [-0.4, -0.2) is 29.8 Å². The summed E-state index contributed by atoms with van der Waals surface area (Å²) in [6.07, 6.45) is 5.34. The van der Waals surface area contributed by atoms with Gasteiger partial charge >= 0.3 is 0 Å². The average Bonchev–Trinajstić information content (AvgIpc) is 2.60. The summed E-state index contributed by atoms with van der Waals surface area (Å²) in [5.41, 5.74) is 0.253. The molecule has 1 fully saturated rings. The first-order valence-electron chi connectivity index (χ1n) is 6.79. The molecule has 0 aliphatic carbocycles. The van der Waals surface area contributed by atoms with E-state index in [1.54, 1.807) is 0 Å². The smallest absolute Gasteiger partial charge is 0.222 e. The topological polar surface area (TPSA) is 20.3 Å². The Balaban J connectivity index is 2.24. The Morgan fingerprint density at radius 2 is 1.88 bits per heavy atom. The van der Waals surface area contributed by atoms with Crippen molar-refractivity contribution in [3.05, 3.63) is 0 Å². The Morgan fingerprint density at radius 1 is 1.24 bits per heavy atom. The second-order valence-corrected chi connectivity index (χ2v) is 6.59. The van der Waals surface area contributed by atoms with Crippen molar-refractivity contribution in [2.45, 2.75) is 52.9 Å². The monoisotopic (exact) mass is 259 g/mol. The van der Waals surface area contributed by atoms with Gasteiger partial charge < -0.3 is 4.90 Å². The van der Waals surface area contributed by atoms with Crippen molar-refractivity contribution in [3.63, 3.8) is 0 Å². The third-order valence-electron chi connectivity index (χ3n) is 3.75. The Hall–Kier alpha value is -0.240. The maximum atomic E-state index is 11.9. The number of unbranched alkanes of at least 4 members (excludes halogenated alkanes) is 3. The molecule has 1 heterocycles. The van der Waals surface area contributed by atoms with Crippen molar-refractivity contribution in [1.29, 1.82) is 0 Å². The zero-order valence-corrected chi connectivity index (χ0v) is 12.2. The van der Waals surface area contributed by atoms with Crippen LogP contribution >= 0.6 is 11.6 Å². The number of carbonyl (C=O) groups is 1. The molecule has 1 aliphatic rings. The molecule has 0 bridgehead atoms. The van der Waals surface area contributed by atoms with E-state index >= 15 is 0 Å². The van der Waals surface area contributed by atoms with Gasteiger partial charge in [0.1, 0.15) is 0 Å². The number of hydrogen-bond donors (Lipinski definition) is 0. The van der Waals surface area contributed by atoms with Crippen molar-refractivity contribution < 1.29 is 4.79 Å². The standard InChI is InChI=1S/C14H26ClNO/c1-14(2,3)12-10-13(17)16(11-12)9-7-5-4-6-8-15/h12H,4-11H2,1-3H3. The first kappa shape index (κ1) is 14.8. The largest absolute Gasteiger partial charge is 0.342 e. The molecule has 2 nitrogen and oxygen atoms in total. The summed E-state index contributed by atoms with van der Waals surface area (Å²) in [7, 11) is 0. The minimum absolute atomic E-state index is 0.253. The number of rotatable bonds is 6. The van der Waals surface area contributed by atoms with E-state index in [1.165, 1.54) is 12.8 Å². The summed E-state index contributed by atoms with van der Waals surface area (Å²) < 4.78 is 0. The lowest BCUT2D eigenvalue weighted by atomic mass is 9.80. The van der Waals surface area contributed by atoms with E-state index in [0.29, 0.717) is 11.8 Å². The lowest BCUT2D eigenvalue weighted by Gasteiger charge is -2.26. The molecule has 1 unspecified atom stereocenters. The quantitative estimate of drug-likeness (QED) is 0.526. The molecule has 0 aromatic carbocycles. The maximum Gasteiger partial charge on any atom is 0.222 e. The highest BCUT2D eigenvalue weighted by molar-refractivity contribution is 6.17. The zero-order chi connectivity index (χ0) is 12.9. The fraction of sp³-hybridized carbons (Fsp3) is 0.929. The molecule has 0 spiro atoms. The van der Waals surface area contributed by atoms with Crippen molar-refractivity contribution in [3.8, 4) is 0 Å². The molecule has 17 heavy (non-hydrogen) atoms. The summed E-state index contributed by atoms with van der Waals surface area (Å²) in [5, 5.41) is 0. The van der Waals surface area contributed by atoms with Gasteiger partial charge in [-0.05, 0) is 24.2 Å². The van der Waals surface area contributed by atoms with Gasteiger partial charge in [0.2, 0.25) is 5.91 Å². The molecule has 1 aliphatic heterocycles. The van der Waals surface area contributed by atoms with Gasteiger partial charge in [0.05, 0.1) is 0 Å². The van der Waals surface area contributed by atoms with Gasteiger partial charge in [-0.2, -0.15) is 0 Å². The van der Waals surface area contributed by atoms with Gasteiger partial charge in [0.15, 0.2) is 0 Å². The average molecular weight is 260 g/mol. The summed E-state index contributed by atoms with van der Waals surface area (Å²) in [5.74, 6) is 1.63. The van der Waals surface area contributed by atoms with Crippen molar-refractivity contribution >= 4 is 17.5 Å². The number of alkyl halides is 1. The molecule has 0 N–H and O–H groups in total. The third-order valence-corrected chi connectivity index (χ3v) is 4.02. The van der Waals surface area contributed by atoms with Crippen LogP contribution in [0.4, 0.5) is 0 Å². The number of carbonyl (C=O) groups excluding carboxylic acids is 1. The Labute approximate surface area is 111 Å². The Bertz CT molecular complexity index is 247. The molecule has 100 valence electrons. The summed E-state index contributed by atoms with van der Waals surface area (Å²) in [6.45, 7) is 8.59. The van der Waals surface area contributed by atoms with Crippen LogP contribution < -0.4 is 0 Å². The normalized spacial score (nSPS) is 21.3. The molecule has 1 atom stereocenters. The van der Waals surface area contributed by atoms with Gasteiger partial charge in [-0.15, -0.1) is 11.6 Å². The Morgan fingerprint density at radius 3 is 2.41 bits per heavy atom. The van der Waals surface area contributed by atoms with E-state index in [2.05, 4.69) is 25.7 Å². The number of hydrogen-bond acceptors (Lipinski definition) is 1. The van der Waals surface area contributed by atoms with Gasteiger partial charge in [-0.1, -0.05) is 33.6 Å². The van der Waals surface area contributed by atoms with Crippen molar-refractivity contribution in [2.24, 2.45) is 11.3 Å². The first-order valence-corrected chi connectivity index (χ1v) is 7.32. The highest BCUT2D eigenvalue weighted by Crippen LogP contribution is 2.34. The summed E-state index contributed by atoms with van der Waals surface area (Å²) >= 11 is 5.64. The van der Waals surface area contributed by atoms with Crippen LogP contribution in [0.3, 0.4) is 0 Å². The predicted octanol–water partition coefficient (Wildman–Crippen LogP) is 3.68. The number of nitrogens with zero attached hydrogens (tertiary/aromatic N) is 1. The van der Waals surface area contributed by atoms with Crippen LogP contribution in [-0.2, 0) is 4.79 Å². The Kier molecular flexibility index (Phi) is 5.78. The van der Waals surface area contributed by atoms with Crippen molar-refractivity contribution in [1.82, 2.24) is 4.90 Å². The van der Waals surface area contributed by atoms with Gasteiger partial charge in [0, 0.05) is 25.4 Å². The van der Waals surface area contributed by atoms with E-state index in [4.69, 9.17) is 11.6 Å². The van der Waals surface area contributed by atoms with E-state index in [1.807, 2.05) is 0 Å². The fourth-order valence-corrected chi connectivity index (χ4v) is 2.51. The third kappa shape index (κ3) is 4.87. The lowest BCUT2D eigenvalue weighted by Crippen LogP contribution is -2.28. The molecular weight excluding hydrogens is 234 g/mol. The van der Waals surface area contributed by atoms with Gasteiger partial charge in [-0.25, -0.2) is 0 Å². The molecule has 3 heteroatoms. The predicted molar refractivity (Wildman–Crippen MR) is 73.3 cm³/mol. The van der Waals surface area contributed by atoms with Crippen LogP contribution in [0.15, 0.2) is 0 Å². The molecule has 0 saturated carbocycles. The van der Waals surface area contributed by atoms with Crippen LogP contribution in [0, 0.1) is 11.3 Å². The molecule has 0 aromatic rings. The van der Waals surface area contributed by atoms with Crippen LogP contribution in [0.25, 0.3) is 0 Å². The van der Waals surface area contributed by atoms with Gasteiger partial charge in [-0.3, -0.25) is 4.79 Å². The van der Waals surface area contributed by atoms with E-state index in [0.717, 1.165) is 38.2 Å². The van der Waals surface area contributed by atoms with E-state index in [-0.39, 0.29) is 5.41 Å². The minimum Gasteiger partial charge on any atom is -0.342 e. The van der Waals surface area contributed by atoms with Crippen molar-refractivity contribution in [2.75, 3.05) is 19.0 Å². The fourth-order valence-electron chi connectivity index (χ4n) is 2.32. The molecule has 1 rings (SSSR count). The van der Waals surface area contributed by atoms with E-state index in [9.17, 15) is 4.79 Å². The SMILES string of the molecule is CC(C)(C)C1CC(=O)N(CCCCCCCl)C1. The molecule has 0 aromatic heterocycles. The first-order chi connectivity index (χ1) is 7.95. The summed E-state index contributed by atoms with van der Waals surface area (Å²) in [6, 6.07) is 0. The summed E-state index contributed by atoms with van der Waals surface area (Å²) in [4.78, 5) is 13.9. The molecule has 1 amide bonds. The highest BCUT2D eigenvalue weighted by Gasteiger charge is 2.36. The van der Waals surface area contributed by atoms with Crippen LogP contribution in [0.2, 0.25) is 0 Å². The lowest BCUT2D eigenvalue weighted by molar-refractivity contribution is -0.127. The molecule has 1 saturated heterocycles. The molecular formula is C14H26ClNO. The van der Waals surface area contributed by atoms with Crippen LogP contribution in [0.1, 0.15) is 52.9 Å². The second-order valence-electron chi connectivity index (χ2n) is 6.21. The van der Waals surface area contributed by atoms with Gasteiger partial charge in [0.25, 0.3) is 0 Å². The molecule has 0 radical (unpaired) electrons. The zero-order valence-electron chi connectivity index (χ0n) is 11.5. The second kappa shape index (κ2) is 6.63. The van der Waals surface area contributed by atoms with Crippen LogP contribution in [0.5, 0.6) is 0 Å².